The van der Waals surface area contributed by atoms with Gasteiger partial charge in [-0.2, -0.15) is 4.98 Å². The van der Waals surface area contributed by atoms with Crippen molar-refractivity contribution in [3.8, 4) is 17.2 Å². The number of carbonyl (C=O) groups is 1. The fraction of sp³-hybridized carbons (Fsp3) is 0.278. The van der Waals surface area contributed by atoms with E-state index in [9.17, 15) is 4.79 Å². The molecule has 0 saturated carbocycles. The number of hydrogen-bond acceptors (Lipinski definition) is 7. The molecule has 26 heavy (non-hydrogen) atoms. The van der Waals surface area contributed by atoms with Crippen LogP contribution in [-0.4, -0.2) is 29.8 Å². The number of nitrogens with zero attached hydrogens (tertiary/aromatic N) is 2. The number of hydrogen-bond donors (Lipinski definition) is 1. The SMILES string of the molecule is COc1ccc(C(=O)Nc2sc3c(c2-c2nc(C)no2)CCOC3)cc1. The van der Waals surface area contributed by atoms with E-state index < -0.39 is 0 Å². The third kappa shape index (κ3) is 3.09. The van der Waals surface area contributed by atoms with E-state index in [1.165, 1.54) is 11.3 Å². The van der Waals surface area contributed by atoms with Gasteiger partial charge in [-0.3, -0.25) is 4.79 Å². The molecule has 0 radical (unpaired) electrons. The van der Waals surface area contributed by atoms with E-state index >= 15 is 0 Å². The first kappa shape index (κ1) is 16.7. The van der Waals surface area contributed by atoms with Gasteiger partial charge >= 0.3 is 0 Å². The van der Waals surface area contributed by atoms with Crippen LogP contribution in [0.5, 0.6) is 5.75 Å². The second-order valence-corrected chi connectivity index (χ2v) is 6.95. The molecule has 1 aliphatic heterocycles. The normalized spacial score (nSPS) is 13.3. The maximum Gasteiger partial charge on any atom is 0.261 e. The summed E-state index contributed by atoms with van der Waals surface area (Å²) in [5, 5.41) is 7.56. The molecule has 0 spiro atoms. The van der Waals surface area contributed by atoms with E-state index in [0.29, 0.717) is 41.2 Å². The van der Waals surface area contributed by atoms with Crippen LogP contribution in [-0.2, 0) is 17.8 Å². The van der Waals surface area contributed by atoms with Gasteiger partial charge in [0.25, 0.3) is 11.8 Å². The van der Waals surface area contributed by atoms with Gasteiger partial charge in [-0.1, -0.05) is 5.16 Å². The first-order chi connectivity index (χ1) is 12.7. The van der Waals surface area contributed by atoms with Crippen LogP contribution in [0.15, 0.2) is 28.8 Å². The minimum absolute atomic E-state index is 0.204. The first-order valence-electron chi connectivity index (χ1n) is 8.14. The summed E-state index contributed by atoms with van der Waals surface area (Å²) >= 11 is 1.49. The molecule has 2 aromatic heterocycles. The van der Waals surface area contributed by atoms with E-state index in [4.69, 9.17) is 14.0 Å². The number of nitrogens with one attached hydrogen (secondary N) is 1. The van der Waals surface area contributed by atoms with Crippen molar-refractivity contribution in [3.63, 3.8) is 0 Å². The molecule has 7 nitrogen and oxygen atoms in total. The molecule has 1 aliphatic rings. The van der Waals surface area contributed by atoms with Crippen LogP contribution < -0.4 is 10.1 Å². The van der Waals surface area contributed by atoms with E-state index in [2.05, 4.69) is 15.5 Å². The number of rotatable bonds is 4. The topological polar surface area (TPSA) is 86.5 Å². The molecule has 0 aliphatic carbocycles. The molecule has 134 valence electrons. The van der Waals surface area contributed by atoms with E-state index in [1.54, 1.807) is 38.3 Å². The minimum Gasteiger partial charge on any atom is -0.497 e. The Morgan fingerprint density at radius 2 is 2.12 bits per heavy atom. The van der Waals surface area contributed by atoms with Crippen LogP contribution in [0.1, 0.15) is 26.6 Å². The summed E-state index contributed by atoms with van der Waals surface area (Å²) in [6, 6.07) is 6.96. The summed E-state index contributed by atoms with van der Waals surface area (Å²) in [4.78, 5) is 18.1. The number of amides is 1. The number of anilines is 1. The molecule has 0 atom stereocenters. The molecule has 0 saturated heterocycles. The number of benzene rings is 1. The van der Waals surface area contributed by atoms with Crippen LogP contribution in [0.3, 0.4) is 0 Å². The molecular weight excluding hydrogens is 354 g/mol. The predicted molar refractivity (Wildman–Crippen MR) is 96.7 cm³/mol. The predicted octanol–water partition coefficient (Wildman–Crippen LogP) is 3.44. The number of methoxy groups -OCH3 is 1. The Hall–Kier alpha value is -2.71. The Bertz CT molecular complexity index is 946. The quantitative estimate of drug-likeness (QED) is 0.756. The number of aryl methyl sites for hydroxylation is 1. The lowest BCUT2D eigenvalue weighted by Crippen LogP contribution is -2.12. The Morgan fingerprint density at radius 1 is 1.31 bits per heavy atom. The summed E-state index contributed by atoms with van der Waals surface area (Å²) in [6.45, 7) is 2.93. The average molecular weight is 371 g/mol. The maximum atomic E-state index is 12.7. The summed E-state index contributed by atoms with van der Waals surface area (Å²) in [7, 11) is 1.59. The van der Waals surface area contributed by atoms with Crippen molar-refractivity contribution in [1.82, 2.24) is 10.1 Å². The van der Waals surface area contributed by atoms with Gasteiger partial charge in [0.05, 0.1) is 25.9 Å². The van der Waals surface area contributed by atoms with E-state index in [0.717, 1.165) is 22.4 Å². The van der Waals surface area contributed by atoms with Crippen LogP contribution in [0.2, 0.25) is 0 Å². The average Bonchev–Trinajstić information content (AvgIpc) is 3.24. The Kier molecular flexibility index (Phi) is 4.44. The molecule has 8 heteroatoms. The van der Waals surface area contributed by atoms with Crippen molar-refractivity contribution in [2.45, 2.75) is 20.0 Å². The van der Waals surface area contributed by atoms with Crippen LogP contribution in [0.4, 0.5) is 5.00 Å². The highest BCUT2D eigenvalue weighted by atomic mass is 32.1. The van der Waals surface area contributed by atoms with Crippen molar-refractivity contribution in [1.29, 1.82) is 0 Å². The van der Waals surface area contributed by atoms with Crippen LogP contribution >= 0.6 is 11.3 Å². The number of ether oxygens (including phenoxy) is 2. The molecule has 0 fully saturated rings. The maximum absolute atomic E-state index is 12.7. The summed E-state index contributed by atoms with van der Waals surface area (Å²) in [6.07, 6.45) is 0.751. The third-order valence-corrected chi connectivity index (χ3v) is 5.26. The molecular formula is C18H17N3O4S. The van der Waals surface area contributed by atoms with Crippen molar-refractivity contribution >= 4 is 22.2 Å². The number of carbonyl (C=O) groups excluding carboxylic acids is 1. The molecule has 1 amide bonds. The lowest BCUT2D eigenvalue weighted by atomic mass is 10.1. The fourth-order valence-electron chi connectivity index (χ4n) is 2.86. The molecule has 3 aromatic rings. The second-order valence-electron chi connectivity index (χ2n) is 5.84. The number of fused-ring (bicyclic) bond motifs is 1. The third-order valence-electron chi connectivity index (χ3n) is 4.14. The molecule has 3 heterocycles. The molecule has 0 unspecified atom stereocenters. The van der Waals surface area contributed by atoms with Gasteiger partial charge in [0.2, 0.25) is 0 Å². The van der Waals surface area contributed by atoms with Gasteiger partial charge in [-0.05, 0) is 43.2 Å². The molecule has 4 rings (SSSR count). The van der Waals surface area contributed by atoms with Crippen molar-refractivity contribution in [2.75, 3.05) is 19.0 Å². The summed E-state index contributed by atoms with van der Waals surface area (Å²) < 4.78 is 16.0. The van der Waals surface area contributed by atoms with Gasteiger partial charge in [0.15, 0.2) is 5.82 Å². The highest BCUT2D eigenvalue weighted by molar-refractivity contribution is 7.17. The molecule has 1 aromatic carbocycles. The first-order valence-corrected chi connectivity index (χ1v) is 8.95. The van der Waals surface area contributed by atoms with Gasteiger partial charge in [0.1, 0.15) is 10.8 Å². The van der Waals surface area contributed by atoms with Gasteiger partial charge in [0, 0.05) is 10.4 Å². The monoisotopic (exact) mass is 371 g/mol. The zero-order valence-electron chi connectivity index (χ0n) is 14.4. The Balaban J connectivity index is 1.69. The summed E-state index contributed by atoms with van der Waals surface area (Å²) in [5.74, 6) is 1.48. The van der Waals surface area contributed by atoms with E-state index in [1.807, 2.05) is 0 Å². The van der Waals surface area contributed by atoms with Crippen molar-refractivity contribution in [3.05, 3.63) is 46.1 Å². The second kappa shape index (κ2) is 6.89. The summed E-state index contributed by atoms with van der Waals surface area (Å²) in [5.41, 5.74) is 2.45. The fourth-order valence-corrected chi connectivity index (χ4v) is 4.04. The van der Waals surface area contributed by atoms with Gasteiger partial charge in [-0.15, -0.1) is 11.3 Å². The zero-order chi connectivity index (χ0) is 18.1. The highest BCUT2D eigenvalue weighted by Gasteiger charge is 2.26. The standard InChI is InChI=1S/C18H17N3O4S/c1-10-19-17(25-21-10)15-13-7-8-24-9-14(13)26-18(15)20-16(22)11-3-5-12(23-2)6-4-11/h3-6H,7-9H2,1-2H3,(H,20,22). The molecule has 0 bridgehead atoms. The largest absolute Gasteiger partial charge is 0.497 e. The van der Waals surface area contributed by atoms with Crippen LogP contribution in [0.25, 0.3) is 11.5 Å². The Morgan fingerprint density at radius 3 is 2.81 bits per heavy atom. The van der Waals surface area contributed by atoms with E-state index in [-0.39, 0.29) is 5.91 Å². The lowest BCUT2D eigenvalue weighted by molar-refractivity contribution is 0.102. The van der Waals surface area contributed by atoms with Crippen molar-refractivity contribution < 1.29 is 18.8 Å². The smallest absolute Gasteiger partial charge is 0.261 e. The number of aromatic nitrogens is 2. The molecule has 1 N–H and O–H groups in total. The minimum atomic E-state index is -0.204. The highest BCUT2D eigenvalue weighted by Crippen LogP contribution is 2.42. The van der Waals surface area contributed by atoms with Gasteiger partial charge < -0.3 is 19.3 Å². The Labute approximate surface area is 153 Å². The van der Waals surface area contributed by atoms with Crippen molar-refractivity contribution in [2.24, 2.45) is 0 Å². The van der Waals surface area contributed by atoms with Crippen LogP contribution in [0, 0.1) is 6.92 Å². The zero-order valence-corrected chi connectivity index (χ0v) is 15.2. The lowest BCUT2D eigenvalue weighted by Gasteiger charge is -2.12. The number of thiophene rings is 1. The van der Waals surface area contributed by atoms with Gasteiger partial charge in [-0.25, -0.2) is 0 Å².